The normalized spacial score (nSPS) is 19.6. The lowest BCUT2D eigenvalue weighted by Gasteiger charge is -2.47. The van der Waals surface area contributed by atoms with Crippen LogP contribution in [0.15, 0.2) is 18.2 Å². The second-order valence-electron chi connectivity index (χ2n) is 7.58. The van der Waals surface area contributed by atoms with Crippen molar-refractivity contribution in [2.24, 2.45) is 5.41 Å². The summed E-state index contributed by atoms with van der Waals surface area (Å²) in [6.07, 6.45) is 2.89. The predicted octanol–water partition coefficient (Wildman–Crippen LogP) is 2.38. The second kappa shape index (κ2) is 8.33. The lowest BCUT2D eigenvalue weighted by atomic mass is 9.72. The number of methoxy groups -OCH3 is 1. The summed E-state index contributed by atoms with van der Waals surface area (Å²) in [5.41, 5.74) is 0.136. The largest absolute Gasteiger partial charge is 0.383 e. The van der Waals surface area contributed by atoms with Gasteiger partial charge in [0, 0.05) is 45.3 Å². The van der Waals surface area contributed by atoms with Crippen LogP contribution in [0.2, 0.25) is 0 Å². The van der Waals surface area contributed by atoms with E-state index >= 15 is 0 Å². The Morgan fingerprint density at radius 3 is 2.67 bits per heavy atom. The zero-order valence-electron chi connectivity index (χ0n) is 15.7. The van der Waals surface area contributed by atoms with Crippen molar-refractivity contribution in [3.63, 3.8) is 0 Å². The van der Waals surface area contributed by atoms with Gasteiger partial charge in [0.1, 0.15) is 0 Å². The summed E-state index contributed by atoms with van der Waals surface area (Å²) >= 11 is 0. The molecule has 0 aliphatic carbocycles. The average Bonchev–Trinajstić information content (AvgIpc) is 2.67. The number of rotatable bonds is 5. The molecule has 2 fully saturated rings. The van der Waals surface area contributed by atoms with Crippen LogP contribution in [-0.4, -0.2) is 61.5 Å². The fourth-order valence-corrected chi connectivity index (χ4v) is 4.11. The Morgan fingerprint density at radius 2 is 1.96 bits per heavy atom. The number of amides is 2. The highest BCUT2D eigenvalue weighted by Crippen LogP contribution is 2.40. The summed E-state index contributed by atoms with van der Waals surface area (Å²) in [5, 5.41) is 0. The molecule has 2 saturated heterocycles. The molecule has 1 aromatic rings. The first kappa shape index (κ1) is 19.7. The van der Waals surface area contributed by atoms with Crippen LogP contribution < -0.4 is 0 Å². The monoisotopic (exact) mass is 380 g/mol. The van der Waals surface area contributed by atoms with E-state index in [1.807, 2.05) is 4.90 Å². The summed E-state index contributed by atoms with van der Waals surface area (Å²) in [5.74, 6) is -1.89. The highest BCUT2D eigenvalue weighted by Gasteiger charge is 2.41. The van der Waals surface area contributed by atoms with Crippen molar-refractivity contribution >= 4 is 11.8 Å². The molecule has 1 spiro atoms. The van der Waals surface area contributed by atoms with Gasteiger partial charge in [0.25, 0.3) is 0 Å². The molecule has 0 radical (unpaired) electrons. The van der Waals surface area contributed by atoms with Gasteiger partial charge in [-0.25, -0.2) is 8.78 Å². The van der Waals surface area contributed by atoms with Crippen molar-refractivity contribution in [2.75, 3.05) is 39.9 Å². The molecule has 2 heterocycles. The molecule has 0 saturated carbocycles. The van der Waals surface area contributed by atoms with Gasteiger partial charge < -0.3 is 14.5 Å². The van der Waals surface area contributed by atoms with Gasteiger partial charge in [0.15, 0.2) is 11.6 Å². The number of carbonyl (C=O) groups is 2. The Hall–Kier alpha value is -2.02. The Kier molecular flexibility index (Phi) is 6.09. The zero-order chi connectivity index (χ0) is 19.4. The van der Waals surface area contributed by atoms with Crippen molar-refractivity contribution in [3.05, 3.63) is 35.4 Å². The number of hydrogen-bond donors (Lipinski definition) is 0. The Labute approximate surface area is 158 Å². The lowest BCUT2D eigenvalue weighted by Crippen LogP contribution is -2.53. The van der Waals surface area contributed by atoms with Gasteiger partial charge in [-0.15, -0.1) is 0 Å². The second-order valence-corrected chi connectivity index (χ2v) is 7.58. The molecule has 2 aliphatic heterocycles. The minimum Gasteiger partial charge on any atom is -0.383 e. The number of likely N-dealkylation sites (tertiary alicyclic amines) is 2. The first-order chi connectivity index (χ1) is 12.9. The highest BCUT2D eigenvalue weighted by atomic mass is 19.2. The van der Waals surface area contributed by atoms with Gasteiger partial charge in [-0.1, -0.05) is 12.1 Å². The molecule has 27 heavy (non-hydrogen) atoms. The van der Waals surface area contributed by atoms with Gasteiger partial charge in [0.05, 0.1) is 13.0 Å². The van der Waals surface area contributed by atoms with Crippen LogP contribution in [0.25, 0.3) is 0 Å². The quantitative estimate of drug-likeness (QED) is 0.788. The Balaban J connectivity index is 1.57. The van der Waals surface area contributed by atoms with E-state index in [9.17, 15) is 18.4 Å². The topological polar surface area (TPSA) is 49.9 Å². The molecule has 0 N–H and O–H groups in total. The van der Waals surface area contributed by atoms with Crippen LogP contribution in [0.1, 0.15) is 31.2 Å². The molecular formula is C20H26F2N2O3. The minimum absolute atomic E-state index is 0.0442. The summed E-state index contributed by atoms with van der Waals surface area (Å²) in [4.78, 5) is 28.2. The predicted molar refractivity (Wildman–Crippen MR) is 96.0 cm³/mol. The summed E-state index contributed by atoms with van der Waals surface area (Å²) in [7, 11) is 1.62. The molecule has 3 rings (SSSR count). The van der Waals surface area contributed by atoms with Gasteiger partial charge >= 0.3 is 0 Å². The number of piperidine rings is 2. The molecule has 148 valence electrons. The van der Waals surface area contributed by atoms with Crippen LogP contribution >= 0.6 is 0 Å². The molecule has 2 aliphatic rings. The fourth-order valence-electron chi connectivity index (χ4n) is 4.11. The van der Waals surface area contributed by atoms with Crippen molar-refractivity contribution in [3.8, 4) is 0 Å². The first-order valence-corrected chi connectivity index (χ1v) is 9.41. The van der Waals surface area contributed by atoms with Crippen molar-refractivity contribution in [2.45, 2.75) is 32.1 Å². The zero-order valence-corrected chi connectivity index (χ0v) is 15.7. The standard InChI is InChI=1S/C20H26F2N2O3/c1-27-12-11-24-14-20(6-5-17(24)25)7-9-23(10-8-20)18(26)13-15-3-2-4-16(21)19(15)22/h2-4H,5-14H2,1H3. The molecule has 0 bridgehead atoms. The van der Waals surface area contributed by atoms with Gasteiger partial charge in [-0.3, -0.25) is 9.59 Å². The Bertz CT molecular complexity index is 702. The molecule has 0 unspecified atom stereocenters. The Morgan fingerprint density at radius 1 is 1.22 bits per heavy atom. The van der Waals surface area contributed by atoms with Crippen molar-refractivity contribution < 1.29 is 23.1 Å². The van der Waals surface area contributed by atoms with E-state index in [-0.39, 0.29) is 29.2 Å². The maximum Gasteiger partial charge on any atom is 0.227 e. The van der Waals surface area contributed by atoms with Gasteiger partial charge in [-0.2, -0.15) is 0 Å². The molecule has 7 heteroatoms. The van der Waals surface area contributed by atoms with Crippen molar-refractivity contribution in [1.29, 1.82) is 0 Å². The SMILES string of the molecule is COCCN1CC2(CCC1=O)CCN(C(=O)Cc1cccc(F)c1F)CC2. The summed E-state index contributed by atoms with van der Waals surface area (Å²) in [6.45, 7) is 2.99. The van der Waals surface area contributed by atoms with Crippen LogP contribution in [0, 0.1) is 17.0 Å². The van der Waals surface area contributed by atoms with Crippen molar-refractivity contribution in [1.82, 2.24) is 9.80 Å². The van der Waals surface area contributed by atoms with E-state index < -0.39 is 11.6 Å². The van der Waals surface area contributed by atoms with Crippen LogP contribution in [0.3, 0.4) is 0 Å². The fraction of sp³-hybridized carbons (Fsp3) is 0.600. The van der Waals surface area contributed by atoms with Crippen LogP contribution in [-0.2, 0) is 20.7 Å². The van der Waals surface area contributed by atoms with Gasteiger partial charge in [-0.05, 0) is 30.7 Å². The summed E-state index contributed by atoms with van der Waals surface area (Å²) < 4.78 is 32.2. The third kappa shape index (κ3) is 4.46. The average molecular weight is 380 g/mol. The molecular weight excluding hydrogens is 354 g/mol. The number of ether oxygens (including phenoxy) is 1. The molecule has 0 atom stereocenters. The number of nitrogens with zero attached hydrogens (tertiary/aromatic N) is 2. The van der Waals surface area contributed by atoms with E-state index in [1.54, 1.807) is 12.0 Å². The van der Waals surface area contributed by atoms with E-state index in [0.717, 1.165) is 25.3 Å². The third-order valence-electron chi connectivity index (χ3n) is 5.86. The van der Waals surface area contributed by atoms with E-state index in [0.29, 0.717) is 39.2 Å². The molecule has 1 aromatic carbocycles. The molecule has 0 aromatic heterocycles. The summed E-state index contributed by atoms with van der Waals surface area (Å²) in [6, 6.07) is 3.91. The minimum atomic E-state index is -0.945. The van der Waals surface area contributed by atoms with E-state index in [1.165, 1.54) is 12.1 Å². The van der Waals surface area contributed by atoms with Crippen LogP contribution in [0.5, 0.6) is 0 Å². The maximum absolute atomic E-state index is 13.8. The maximum atomic E-state index is 13.8. The third-order valence-corrected chi connectivity index (χ3v) is 5.86. The smallest absolute Gasteiger partial charge is 0.227 e. The number of carbonyl (C=O) groups excluding carboxylic acids is 2. The lowest BCUT2D eigenvalue weighted by molar-refractivity contribution is -0.142. The number of hydrogen-bond acceptors (Lipinski definition) is 3. The van der Waals surface area contributed by atoms with Gasteiger partial charge in [0.2, 0.25) is 11.8 Å². The molecule has 2 amide bonds. The highest BCUT2D eigenvalue weighted by molar-refractivity contribution is 5.79. The van der Waals surface area contributed by atoms with E-state index in [2.05, 4.69) is 0 Å². The first-order valence-electron chi connectivity index (χ1n) is 9.41. The van der Waals surface area contributed by atoms with E-state index in [4.69, 9.17) is 4.74 Å². The van der Waals surface area contributed by atoms with Crippen LogP contribution in [0.4, 0.5) is 8.78 Å². The molecule has 5 nitrogen and oxygen atoms in total. The number of halogens is 2. The number of benzene rings is 1.